The summed E-state index contributed by atoms with van der Waals surface area (Å²) in [5.74, 6) is 1.29. The van der Waals surface area contributed by atoms with E-state index in [2.05, 4.69) is 20.8 Å². The highest BCUT2D eigenvalue weighted by atomic mass is 32.1. The molecule has 1 saturated carbocycles. The molecule has 8 nitrogen and oxygen atoms in total. The standard InChI is InChI=1S/C22H25N5O3S2/c28-19(10-12-27-21(25-26-22(27)31)18-2-1-13-32-18)23-11-9-15-3-7-17(8-4-15)30-14-20(29)24-16-5-6-16/h1-4,7-8,13,16H,5-6,9-12,14H2,(H,23,28)(H,24,29)(H,26,31). The van der Waals surface area contributed by atoms with Gasteiger partial charge in [0.2, 0.25) is 5.91 Å². The molecular weight excluding hydrogens is 446 g/mol. The van der Waals surface area contributed by atoms with E-state index in [9.17, 15) is 9.59 Å². The zero-order chi connectivity index (χ0) is 22.3. The van der Waals surface area contributed by atoms with Crippen molar-refractivity contribution in [2.75, 3.05) is 13.2 Å². The summed E-state index contributed by atoms with van der Waals surface area (Å²) in [7, 11) is 0. The smallest absolute Gasteiger partial charge is 0.258 e. The number of nitrogens with zero attached hydrogens (tertiary/aromatic N) is 2. The lowest BCUT2D eigenvalue weighted by molar-refractivity contribution is -0.123. The summed E-state index contributed by atoms with van der Waals surface area (Å²) in [6.45, 7) is 1.03. The number of benzene rings is 1. The topological polar surface area (TPSA) is 101 Å². The van der Waals surface area contributed by atoms with E-state index in [-0.39, 0.29) is 18.4 Å². The van der Waals surface area contributed by atoms with Crippen molar-refractivity contribution in [1.29, 1.82) is 0 Å². The molecule has 1 aromatic carbocycles. The van der Waals surface area contributed by atoms with E-state index in [0.717, 1.165) is 29.1 Å². The van der Waals surface area contributed by atoms with E-state index in [4.69, 9.17) is 17.0 Å². The predicted octanol–water partition coefficient (Wildman–Crippen LogP) is 3.08. The third-order valence-corrected chi connectivity index (χ3v) is 6.21. The summed E-state index contributed by atoms with van der Waals surface area (Å²) in [6, 6.07) is 11.8. The molecule has 4 rings (SSSR count). The van der Waals surface area contributed by atoms with E-state index in [1.54, 1.807) is 11.3 Å². The second-order valence-electron chi connectivity index (χ2n) is 7.61. The maximum absolute atomic E-state index is 12.3. The number of amides is 2. The van der Waals surface area contributed by atoms with Crippen LogP contribution in [0.2, 0.25) is 0 Å². The molecule has 0 aliphatic heterocycles. The van der Waals surface area contributed by atoms with Crippen molar-refractivity contribution in [1.82, 2.24) is 25.4 Å². The molecule has 1 fully saturated rings. The van der Waals surface area contributed by atoms with Gasteiger partial charge in [-0.15, -0.1) is 11.3 Å². The van der Waals surface area contributed by atoms with Crippen LogP contribution in [0, 0.1) is 4.77 Å². The van der Waals surface area contributed by atoms with E-state index in [0.29, 0.717) is 42.5 Å². The van der Waals surface area contributed by atoms with Crippen molar-refractivity contribution in [3.63, 3.8) is 0 Å². The number of ether oxygens (including phenoxy) is 1. The highest BCUT2D eigenvalue weighted by Crippen LogP contribution is 2.23. The molecule has 0 spiro atoms. The van der Waals surface area contributed by atoms with Crippen LogP contribution in [-0.4, -0.2) is 45.8 Å². The van der Waals surface area contributed by atoms with Gasteiger partial charge in [0.05, 0.1) is 4.88 Å². The fourth-order valence-electron chi connectivity index (χ4n) is 3.17. The Kier molecular flexibility index (Phi) is 7.33. The van der Waals surface area contributed by atoms with Crippen LogP contribution in [0.25, 0.3) is 10.7 Å². The summed E-state index contributed by atoms with van der Waals surface area (Å²) >= 11 is 6.88. The lowest BCUT2D eigenvalue weighted by Crippen LogP contribution is -2.30. The van der Waals surface area contributed by atoms with Crippen LogP contribution >= 0.6 is 23.6 Å². The first kappa shape index (κ1) is 22.2. The monoisotopic (exact) mass is 471 g/mol. The number of carbonyl (C=O) groups is 2. The molecule has 1 aliphatic carbocycles. The van der Waals surface area contributed by atoms with Crippen molar-refractivity contribution >= 4 is 35.4 Å². The van der Waals surface area contributed by atoms with Crippen molar-refractivity contribution in [2.45, 2.75) is 38.3 Å². The van der Waals surface area contributed by atoms with Crippen LogP contribution < -0.4 is 15.4 Å². The maximum Gasteiger partial charge on any atom is 0.258 e. The number of nitrogens with one attached hydrogen (secondary N) is 3. The van der Waals surface area contributed by atoms with Crippen LogP contribution in [-0.2, 0) is 22.6 Å². The molecule has 0 unspecified atom stereocenters. The van der Waals surface area contributed by atoms with Gasteiger partial charge in [0.15, 0.2) is 17.2 Å². The Morgan fingerprint density at radius 2 is 2.03 bits per heavy atom. The third kappa shape index (κ3) is 6.27. The molecule has 0 radical (unpaired) electrons. The number of carbonyl (C=O) groups excluding carboxylic acids is 2. The van der Waals surface area contributed by atoms with Gasteiger partial charge in [0, 0.05) is 25.6 Å². The van der Waals surface area contributed by atoms with Crippen molar-refractivity contribution in [2.24, 2.45) is 0 Å². The highest BCUT2D eigenvalue weighted by Gasteiger charge is 2.23. The number of hydrogen-bond acceptors (Lipinski definition) is 6. The van der Waals surface area contributed by atoms with E-state index in [1.807, 2.05) is 46.3 Å². The first-order valence-corrected chi connectivity index (χ1v) is 11.8. The molecule has 2 aromatic heterocycles. The molecule has 0 bridgehead atoms. The zero-order valence-corrected chi connectivity index (χ0v) is 19.1. The Morgan fingerprint density at radius 3 is 2.75 bits per heavy atom. The maximum atomic E-state index is 12.3. The van der Waals surface area contributed by atoms with Crippen LogP contribution in [0.3, 0.4) is 0 Å². The summed E-state index contributed by atoms with van der Waals surface area (Å²) in [6.07, 6.45) is 3.15. The van der Waals surface area contributed by atoms with Gasteiger partial charge in [-0.05, 0) is 60.6 Å². The largest absolute Gasteiger partial charge is 0.484 e. The quantitative estimate of drug-likeness (QED) is 0.373. The molecule has 2 amide bonds. The number of thiophene rings is 1. The molecule has 168 valence electrons. The van der Waals surface area contributed by atoms with Gasteiger partial charge in [-0.1, -0.05) is 18.2 Å². The summed E-state index contributed by atoms with van der Waals surface area (Å²) < 4.78 is 7.87. The average Bonchev–Trinajstić information content (AvgIpc) is 3.28. The molecular formula is C22H25N5O3S2. The van der Waals surface area contributed by atoms with Crippen LogP contribution in [0.15, 0.2) is 41.8 Å². The first-order chi connectivity index (χ1) is 15.6. The predicted molar refractivity (Wildman–Crippen MR) is 125 cm³/mol. The molecule has 10 heteroatoms. The second-order valence-corrected chi connectivity index (χ2v) is 8.94. The zero-order valence-electron chi connectivity index (χ0n) is 17.5. The van der Waals surface area contributed by atoms with E-state index in [1.165, 1.54) is 0 Å². The van der Waals surface area contributed by atoms with Gasteiger partial charge in [0.25, 0.3) is 5.91 Å². The molecule has 0 saturated heterocycles. The molecule has 0 atom stereocenters. The fraction of sp³-hybridized carbons (Fsp3) is 0.364. The summed E-state index contributed by atoms with van der Waals surface area (Å²) in [4.78, 5) is 25.0. The molecule has 3 N–H and O–H groups in total. The normalized spacial score (nSPS) is 13.0. The SMILES string of the molecule is O=C(CCn1c(-c2cccs2)n[nH]c1=S)NCCc1ccc(OCC(=O)NC2CC2)cc1. The van der Waals surface area contributed by atoms with Crippen LogP contribution in [0.5, 0.6) is 5.75 Å². The van der Waals surface area contributed by atoms with Gasteiger partial charge in [-0.3, -0.25) is 19.3 Å². The van der Waals surface area contributed by atoms with E-state index >= 15 is 0 Å². The summed E-state index contributed by atoms with van der Waals surface area (Å²) in [5, 5.41) is 14.9. The fourth-order valence-corrected chi connectivity index (χ4v) is 4.11. The third-order valence-electron chi connectivity index (χ3n) is 5.03. The van der Waals surface area contributed by atoms with Gasteiger partial charge in [-0.25, -0.2) is 0 Å². The Bertz CT molecular complexity index is 1100. The minimum Gasteiger partial charge on any atom is -0.484 e. The lowest BCUT2D eigenvalue weighted by atomic mass is 10.1. The second kappa shape index (κ2) is 10.6. The minimum atomic E-state index is -0.0847. The van der Waals surface area contributed by atoms with Gasteiger partial charge >= 0.3 is 0 Å². The number of hydrogen-bond donors (Lipinski definition) is 3. The van der Waals surface area contributed by atoms with E-state index < -0.39 is 0 Å². The van der Waals surface area contributed by atoms with Crippen molar-refractivity contribution < 1.29 is 14.3 Å². The number of rotatable bonds is 11. The molecule has 2 heterocycles. The molecule has 3 aromatic rings. The average molecular weight is 472 g/mol. The Hall–Kier alpha value is -2.98. The lowest BCUT2D eigenvalue weighted by Gasteiger charge is -2.09. The van der Waals surface area contributed by atoms with Crippen molar-refractivity contribution in [3.8, 4) is 16.5 Å². The minimum absolute atomic E-state index is 0.0286. The Balaban J connectivity index is 1.17. The molecule has 32 heavy (non-hydrogen) atoms. The highest BCUT2D eigenvalue weighted by molar-refractivity contribution is 7.71. The summed E-state index contributed by atoms with van der Waals surface area (Å²) in [5.41, 5.74) is 1.08. The van der Waals surface area contributed by atoms with Gasteiger partial charge in [-0.2, -0.15) is 5.10 Å². The first-order valence-electron chi connectivity index (χ1n) is 10.6. The van der Waals surface area contributed by atoms with Crippen LogP contribution in [0.1, 0.15) is 24.8 Å². The van der Waals surface area contributed by atoms with Gasteiger partial charge < -0.3 is 15.4 Å². The Labute approximate surface area is 195 Å². The number of H-pyrrole nitrogens is 1. The molecule has 1 aliphatic rings. The van der Waals surface area contributed by atoms with Crippen molar-refractivity contribution in [3.05, 3.63) is 52.1 Å². The number of aromatic amines is 1. The Morgan fingerprint density at radius 1 is 1.22 bits per heavy atom. The van der Waals surface area contributed by atoms with Gasteiger partial charge in [0.1, 0.15) is 5.75 Å². The number of aromatic nitrogens is 3. The van der Waals surface area contributed by atoms with Crippen LogP contribution in [0.4, 0.5) is 0 Å².